The molecule has 76 heavy (non-hydrogen) atoms. The van der Waals surface area contributed by atoms with Gasteiger partial charge in [0.15, 0.2) is 0 Å². The first kappa shape index (κ1) is 54.9. The molecule has 5 aliphatic rings. The van der Waals surface area contributed by atoms with Gasteiger partial charge in [-0.1, -0.05) is 136 Å². The van der Waals surface area contributed by atoms with Crippen LogP contribution in [0.5, 0.6) is 23.0 Å². The highest BCUT2D eigenvalue weighted by atomic mass is 35.5. The molecule has 3 fully saturated rings. The number of nitrogens with zero attached hydrogens (tertiary/aromatic N) is 3. The van der Waals surface area contributed by atoms with E-state index in [9.17, 15) is 10.2 Å². The average molecular weight is 1040 g/mol. The minimum atomic E-state index is 0.266. The molecule has 2 aliphatic carbocycles. The van der Waals surface area contributed by atoms with Gasteiger partial charge in [-0.3, -0.25) is 9.80 Å². The van der Waals surface area contributed by atoms with Gasteiger partial charge >= 0.3 is 0 Å². The largest absolute Gasteiger partial charge is 0.508 e. The van der Waals surface area contributed by atoms with E-state index in [0.29, 0.717) is 5.75 Å². The van der Waals surface area contributed by atoms with Crippen LogP contribution < -0.4 is 9.47 Å². The fourth-order valence-electron chi connectivity index (χ4n) is 11.9. The highest BCUT2D eigenvalue weighted by molar-refractivity contribution is 6.18. The molecule has 3 saturated heterocycles. The number of benzene rings is 6. The van der Waals surface area contributed by atoms with Crippen LogP contribution in [0.1, 0.15) is 134 Å². The molecule has 0 amide bonds. The van der Waals surface area contributed by atoms with Crippen molar-refractivity contribution in [3.63, 3.8) is 0 Å². The third kappa shape index (κ3) is 15.7. The second kappa shape index (κ2) is 29.1. The number of aromatic hydroxyl groups is 2. The average Bonchev–Trinajstić information content (AvgIpc) is 4.02. The Bertz CT molecular complexity index is 2750. The van der Waals surface area contributed by atoms with Gasteiger partial charge in [-0.25, -0.2) is 0 Å². The number of phenols is 2. The van der Waals surface area contributed by atoms with Crippen LogP contribution in [-0.2, 0) is 12.8 Å². The summed E-state index contributed by atoms with van der Waals surface area (Å²) in [6, 6.07) is 49.8. The first-order chi connectivity index (χ1) is 37.5. The molecule has 6 aromatic carbocycles. The van der Waals surface area contributed by atoms with Gasteiger partial charge < -0.3 is 24.6 Å². The monoisotopic (exact) mass is 1040 g/mol. The Kier molecular flexibility index (Phi) is 21.0. The molecule has 0 aromatic heterocycles. The van der Waals surface area contributed by atoms with Crippen molar-refractivity contribution in [2.75, 3.05) is 78.0 Å². The van der Waals surface area contributed by atoms with Crippen molar-refractivity contribution in [3.05, 3.63) is 190 Å². The molecule has 3 aliphatic heterocycles. The van der Waals surface area contributed by atoms with Crippen LogP contribution >= 0.6 is 11.6 Å². The maximum Gasteiger partial charge on any atom is 0.119 e. The van der Waals surface area contributed by atoms with E-state index in [-0.39, 0.29) is 5.75 Å². The lowest BCUT2D eigenvalue weighted by Gasteiger charge is -2.26. The summed E-state index contributed by atoms with van der Waals surface area (Å²) in [7, 11) is 0. The molecule has 0 unspecified atom stereocenters. The quantitative estimate of drug-likeness (QED) is 0.105. The Hall–Kier alpha value is -5.83. The highest BCUT2D eigenvalue weighted by Crippen LogP contribution is 2.44. The van der Waals surface area contributed by atoms with Crippen molar-refractivity contribution in [2.45, 2.75) is 103 Å². The molecule has 2 N–H and O–H groups in total. The van der Waals surface area contributed by atoms with Crippen molar-refractivity contribution in [1.82, 2.24) is 14.7 Å². The molecular formula is C68H82ClN3O4. The molecule has 8 heteroatoms. The Morgan fingerprint density at radius 1 is 0.368 bits per heavy atom. The van der Waals surface area contributed by atoms with Crippen molar-refractivity contribution in [1.29, 1.82) is 0 Å². The minimum absolute atomic E-state index is 0.266. The number of hydrogen-bond donors (Lipinski definition) is 2. The number of rotatable bonds is 14. The Morgan fingerprint density at radius 2 is 0.763 bits per heavy atom. The van der Waals surface area contributed by atoms with Crippen molar-refractivity contribution in [3.8, 4) is 23.0 Å². The van der Waals surface area contributed by atoms with Gasteiger partial charge in [-0.2, -0.15) is 0 Å². The minimum Gasteiger partial charge on any atom is -0.508 e. The standard InChI is InChI=1S/C38H48N2O2.C22H18O2.C8H16ClN/c1-2-9-23-39(22-8-1)26-28-41-34-17-14-32(15-18-34)38-36(31-12-6-5-7-13-31)20-16-33-30-35(19-21-37(33)38)42-29-27-40-24-10-3-4-11-25-40;23-18-9-6-16(7-10-18)22-20(15-4-2-1-3-5-15)12-8-17-14-19(24)11-13-21(17)22;9-5-8-10-6-3-1-2-4-7-10/h5-7,12-15,17-19,21,30H,1-4,8-11,16,20,22-29H2;1-7,9-11,13-14,23-24H,8,12H2;1-8H2. The zero-order valence-corrected chi connectivity index (χ0v) is 45.8. The van der Waals surface area contributed by atoms with E-state index in [1.165, 1.54) is 166 Å². The second-order valence-corrected chi connectivity index (χ2v) is 21.7. The van der Waals surface area contributed by atoms with E-state index < -0.39 is 0 Å². The number of ether oxygens (including phenoxy) is 2. The van der Waals surface area contributed by atoms with E-state index in [2.05, 4.69) is 112 Å². The van der Waals surface area contributed by atoms with Crippen LogP contribution in [0.15, 0.2) is 146 Å². The van der Waals surface area contributed by atoms with Crippen molar-refractivity contribution < 1.29 is 19.7 Å². The summed E-state index contributed by atoms with van der Waals surface area (Å²) in [5, 5.41) is 19.4. The zero-order chi connectivity index (χ0) is 52.2. The van der Waals surface area contributed by atoms with Crippen LogP contribution in [0.25, 0.3) is 22.3 Å². The van der Waals surface area contributed by atoms with Crippen LogP contribution in [0.3, 0.4) is 0 Å². The number of aryl methyl sites for hydroxylation is 2. The van der Waals surface area contributed by atoms with Crippen LogP contribution in [0.2, 0.25) is 0 Å². The normalized spacial score (nSPS) is 17.6. The van der Waals surface area contributed by atoms with Crippen LogP contribution in [-0.4, -0.2) is 103 Å². The molecule has 0 radical (unpaired) electrons. The van der Waals surface area contributed by atoms with Crippen LogP contribution in [0, 0.1) is 0 Å². The third-order valence-electron chi connectivity index (χ3n) is 16.0. The summed E-state index contributed by atoms with van der Waals surface area (Å²) in [6.07, 6.45) is 20.2. The van der Waals surface area contributed by atoms with Crippen LogP contribution in [0.4, 0.5) is 0 Å². The van der Waals surface area contributed by atoms with Gasteiger partial charge in [0.1, 0.15) is 36.2 Å². The summed E-state index contributed by atoms with van der Waals surface area (Å²) in [6.45, 7) is 12.0. The molecule has 7 nitrogen and oxygen atoms in total. The highest BCUT2D eigenvalue weighted by Gasteiger charge is 2.24. The Morgan fingerprint density at radius 3 is 1.24 bits per heavy atom. The number of allylic oxidation sites excluding steroid dienone is 2. The van der Waals surface area contributed by atoms with Gasteiger partial charge in [-0.05, 0) is 219 Å². The maximum atomic E-state index is 9.82. The first-order valence-corrected chi connectivity index (χ1v) is 29.4. The smallest absolute Gasteiger partial charge is 0.119 e. The number of phenolic OH excluding ortho intramolecular Hbond substituents is 2. The number of hydrogen-bond acceptors (Lipinski definition) is 7. The number of likely N-dealkylation sites (tertiary alicyclic amines) is 3. The zero-order valence-electron chi connectivity index (χ0n) is 45.1. The molecule has 11 rings (SSSR count). The van der Waals surface area contributed by atoms with Gasteiger partial charge in [0, 0.05) is 25.5 Å². The lowest BCUT2D eigenvalue weighted by molar-refractivity contribution is 0.214. The van der Waals surface area contributed by atoms with E-state index >= 15 is 0 Å². The predicted octanol–water partition coefficient (Wildman–Crippen LogP) is 15.2. The second-order valence-electron chi connectivity index (χ2n) is 21.3. The van der Waals surface area contributed by atoms with E-state index in [0.717, 1.165) is 92.6 Å². The van der Waals surface area contributed by atoms with E-state index in [4.69, 9.17) is 21.1 Å². The Labute approximate surface area is 459 Å². The summed E-state index contributed by atoms with van der Waals surface area (Å²) in [4.78, 5) is 7.60. The number of fused-ring (bicyclic) bond motifs is 2. The Balaban J connectivity index is 0.000000172. The predicted molar refractivity (Wildman–Crippen MR) is 317 cm³/mol. The molecule has 6 aromatic rings. The SMILES string of the molecule is ClCCN1CCCCCC1.Oc1ccc(C2=C(c3ccccc3)CCc3cc(O)ccc32)cc1.c1ccc(C2=C(c3ccc(OCCN4CCCCCC4)cc3)c3ccc(OCCN4CCCCCC4)cc3CC2)cc1. The number of alkyl halides is 1. The summed E-state index contributed by atoms with van der Waals surface area (Å²) < 4.78 is 12.5. The molecule has 0 bridgehead atoms. The molecule has 0 spiro atoms. The molecule has 400 valence electrons. The summed E-state index contributed by atoms with van der Waals surface area (Å²) in [5.74, 6) is 3.32. The summed E-state index contributed by atoms with van der Waals surface area (Å²) in [5.41, 5.74) is 15.2. The van der Waals surface area contributed by atoms with E-state index in [1.54, 1.807) is 18.2 Å². The molecular weight excluding hydrogens is 958 g/mol. The van der Waals surface area contributed by atoms with Gasteiger partial charge in [0.25, 0.3) is 0 Å². The number of halogens is 1. The lowest BCUT2D eigenvalue weighted by Crippen LogP contribution is -2.29. The molecule has 3 heterocycles. The van der Waals surface area contributed by atoms with Crippen molar-refractivity contribution >= 4 is 33.9 Å². The fourth-order valence-corrected chi connectivity index (χ4v) is 12.1. The molecule has 0 saturated carbocycles. The van der Waals surface area contributed by atoms with E-state index in [1.807, 2.05) is 30.3 Å². The third-order valence-corrected chi connectivity index (χ3v) is 16.2. The first-order valence-electron chi connectivity index (χ1n) is 28.9. The topological polar surface area (TPSA) is 68.6 Å². The van der Waals surface area contributed by atoms with Gasteiger partial charge in [-0.15, -0.1) is 11.6 Å². The molecule has 0 atom stereocenters. The lowest BCUT2D eigenvalue weighted by atomic mass is 9.79. The van der Waals surface area contributed by atoms with Crippen molar-refractivity contribution in [2.24, 2.45) is 0 Å². The summed E-state index contributed by atoms with van der Waals surface area (Å²) >= 11 is 5.65. The van der Waals surface area contributed by atoms with Gasteiger partial charge in [0.05, 0.1) is 0 Å². The van der Waals surface area contributed by atoms with Gasteiger partial charge in [0.2, 0.25) is 0 Å². The maximum absolute atomic E-state index is 9.82. The fraction of sp³-hybridized carbons (Fsp3) is 0.412.